The zero-order valence-corrected chi connectivity index (χ0v) is 19.1. The molecule has 0 aromatic heterocycles. The van der Waals surface area contributed by atoms with E-state index in [0.29, 0.717) is 30.1 Å². The van der Waals surface area contributed by atoms with Gasteiger partial charge in [0.2, 0.25) is 11.8 Å². The van der Waals surface area contributed by atoms with Gasteiger partial charge in [-0.3, -0.25) is 14.4 Å². The van der Waals surface area contributed by atoms with Crippen molar-refractivity contribution in [3.8, 4) is 5.75 Å². The molecule has 31 heavy (non-hydrogen) atoms. The summed E-state index contributed by atoms with van der Waals surface area (Å²) in [6.45, 7) is 6.40. The quantitative estimate of drug-likeness (QED) is 0.772. The molecule has 9 nitrogen and oxygen atoms in total. The van der Waals surface area contributed by atoms with Gasteiger partial charge in [0.05, 0.1) is 17.7 Å². The maximum Gasteiger partial charge on any atom is 0.257 e. The third kappa shape index (κ3) is 6.41. The fraction of sp³-hybridized carbons (Fsp3) is 0.591. The fourth-order valence-electron chi connectivity index (χ4n) is 3.62. The maximum atomic E-state index is 13.1. The van der Waals surface area contributed by atoms with Crippen LogP contribution < -0.4 is 10.1 Å². The fourth-order valence-corrected chi connectivity index (χ4v) is 3.62. The van der Waals surface area contributed by atoms with Crippen LogP contribution in [-0.4, -0.2) is 87.2 Å². The van der Waals surface area contributed by atoms with E-state index in [1.165, 1.54) is 14.0 Å². The van der Waals surface area contributed by atoms with E-state index in [4.69, 9.17) is 14.2 Å². The number of hydrogen-bond acceptors (Lipinski definition) is 6. The predicted molar refractivity (Wildman–Crippen MR) is 116 cm³/mol. The summed E-state index contributed by atoms with van der Waals surface area (Å²) in [5, 5.41) is 2.71. The molecule has 9 heteroatoms. The van der Waals surface area contributed by atoms with Gasteiger partial charge in [-0.2, -0.15) is 0 Å². The lowest BCUT2D eigenvalue weighted by molar-refractivity contribution is -0.133. The van der Waals surface area contributed by atoms with Gasteiger partial charge in [0.15, 0.2) is 0 Å². The summed E-state index contributed by atoms with van der Waals surface area (Å²) >= 11 is 0. The molecule has 3 amide bonds. The van der Waals surface area contributed by atoms with Crippen molar-refractivity contribution in [3.05, 3.63) is 23.8 Å². The number of hydrogen-bond donors (Lipinski definition) is 1. The highest BCUT2D eigenvalue weighted by molar-refractivity contribution is 5.98. The molecule has 1 aliphatic rings. The van der Waals surface area contributed by atoms with Gasteiger partial charge in [-0.25, -0.2) is 0 Å². The second kappa shape index (κ2) is 11.1. The van der Waals surface area contributed by atoms with Gasteiger partial charge in [0, 0.05) is 59.0 Å². The van der Waals surface area contributed by atoms with Crippen LogP contribution in [0.5, 0.6) is 5.75 Å². The first-order chi connectivity index (χ1) is 14.7. The highest BCUT2D eigenvalue weighted by Gasteiger charge is 2.29. The molecule has 0 spiro atoms. The van der Waals surface area contributed by atoms with Crippen LogP contribution >= 0.6 is 0 Å². The average Bonchev–Trinajstić information content (AvgIpc) is 2.72. The van der Waals surface area contributed by atoms with Crippen molar-refractivity contribution >= 4 is 23.4 Å². The van der Waals surface area contributed by atoms with Crippen molar-refractivity contribution in [1.82, 2.24) is 9.80 Å². The largest absolute Gasteiger partial charge is 0.491 e. The number of amides is 3. The summed E-state index contributed by atoms with van der Waals surface area (Å²) in [5.41, 5.74) is 0.861. The van der Waals surface area contributed by atoms with Crippen LogP contribution in [0.4, 0.5) is 5.69 Å². The van der Waals surface area contributed by atoms with E-state index in [0.717, 1.165) is 0 Å². The Bertz CT molecular complexity index is 799. The normalized spacial score (nSPS) is 22.6. The van der Waals surface area contributed by atoms with Crippen molar-refractivity contribution in [1.29, 1.82) is 0 Å². The van der Waals surface area contributed by atoms with Crippen molar-refractivity contribution in [3.63, 3.8) is 0 Å². The highest BCUT2D eigenvalue weighted by atomic mass is 16.5. The van der Waals surface area contributed by atoms with E-state index >= 15 is 0 Å². The zero-order chi connectivity index (χ0) is 23.1. The topological polar surface area (TPSA) is 97.4 Å². The van der Waals surface area contributed by atoms with Crippen LogP contribution in [0, 0.1) is 5.92 Å². The van der Waals surface area contributed by atoms with Gasteiger partial charge >= 0.3 is 0 Å². The minimum atomic E-state index is -0.313. The number of nitrogens with zero attached hydrogens (tertiary/aromatic N) is 2. The minimum absolute atomic E-state index is 0.0175. The molecule has 0 radical (unpaired) electrons. The number of fused-ring (bicyclic) bond motifs is 1. The molecular formula is C22H33N3O6. The number of carbonyl (C=O) groups is 3. The van der Waals surface area contributed by atoms with Crippen molar-refractivity contribution in [2.75, 3.05) is 52.9 Å². The van der Waals surface area contributed by atoms with E-state index in [2.05, 4.69) is 5.32 Å². The molecular weight excluding hydrogens is 402 g/mol. The molecule has 1 aromatic rings. The third-order valence-corrected chi connectivity index (χ3v) is 5.41. The zero-order valence-electron chi connectivity index (χ0n) is 19.1. The molecule has 0 fully saturated rings. The summed E-state index contributed by atoms with van der Waals surface area (Å²) in [4.78, 5) is 40.6. The Hall–Kier alpha value is -2.65. The molecule has 0 bridgehead atoms. The first-order valence-corrected chi connectivity index (χ1v) is 10.3. The number of benzene rings is 1. The number of likely N-dealkylation sites (N-methyl/N-ethyl adjacent to an activating group) is 1. The van der Waals surface area contributed by atoms with Crippen LogP contribution in [0.1, 0.15) is 31.1 Å². The van der Waals surface area contributed by atoms with Gasteiger partial charge in [-0.05, 0) is 19.1 Å². The van der Waals surface area contributed by atoms with E-state index in [9.17, 15) is 14.4 Å². The molecule has 1 N–H and O–H groups in total. The smallest absolute Gasteiger partial charge is 0.257 e. The predicted octanol–water partition coefficient (Wildman–Crippen LogP) is 1.62. The molecule has 0 saturated carbocycles. The number of rotatable bonds is 4. The lowest BCUT2D eigenvalue weighted by atomic mass is 10.0. The van der Waals surface area contributed by atoms with E-state index < -0.39 is 0 Å². The lowest BCUT2D eigenvalue weighted by Gasteiger charge is -2.35. The first-order valence-electron chi connectivity index (χ1n) is 10.3. The van der Waals surface area contributed by atoms with Crippen LogP contribution in [0.15, 0.2) is 18.2 Å². The van der Waals surface area contributed by atoms with Crippen LogP contribution in [-0.2, 0) is 19.1 Å². The number of nitrogens with one attached hydrogen (secondary N) is 1. The number of methoxy groups -OCH3 is 2. The first kappa shape index (κ1) is 24.6. The Labute approximate surface area is 183 Å². The Kier molecular flexibility index (Phi) is 8.82. The summed E-state index contributed by atoms with van der Waals surface area (Å²) < 4.78 is 16.5. The van der Waals surface area contributed by atoms with Gasteiger partial charge in [-0.15, -0.1) is 0 Å². The molecule has 2 rings (SSSR count). The Morgan fingerprint density at radius 2 is 1.94 bits per heavy atom. The van der Waals surface area contributed by atoms with Gasteiger partial charge in [0.25, 0.3) is 5.91 Å². The molecule has 172 valence electrons. The Balaban J connectivity index is 2.41. The molecule has 0 unspecified atom stereocenters. The maximum absolute atomic E-state index is 13.1. The summed E-state index contributed by atoms with van der Waals surface area (Å²) in [6.07, 6.45) is -0.237. The molecule has 0 aliphatic carbocycles. The Morgan fingerprint density at radius 3 is 2.55 bits per heavy atom. The van der Waals surface area contributed by atoms with E-state index in [-0.39, 0.29) is 49.0 Å². The van der Waals surface area contributed by atoms with Crippen molar-refractivity contribution < 1.29 is 28.6 Å². The standard InChI is InChI=1S/C22H33N3O6/c1-14-10-25(16(3)26)15(2)12-31-19-9-17(23-21(27)13-29-5)7-8-18(19)22(28)24(4)11-20(14)30-6/h7-9,14-15,20H,10-13H2,1-6H3,(H,23,27)/t14-,15-,20+/m0/s1. The van der Waals surface area contributed by atoms with Gasteiger partial charge < -0.3 is 29.3 Å². The van der Waals surface area contributed by atoms with Crippen LogP contribution in [0.3, 0.4) is 0 Å². The second-order valence-electron chi connectivity index (χ2n) is 7.96. The van der Waals surface area contributed by atoms with E-state index in [1.54, 1.807) is 42.2 Å². The molecule has 3 atom stereocenters. The summed E-state index contributed by atoms with van der Waals surface area (Å²) in [7, 11) is 4.75. The van der Waals surface area contributed by atoms with Crippen molar-refractivity contribution in [2.45, 2.75) is 32.9 Å². The highest BCUT2D eigenvalue weighted by Crippen LogP contribution is 2.26. The summed E-state index contributed by atoms with van der Waals surface area (Å²) in [6, 6.07) is 4.67. The second-order valence-corrected chi connectivity index (χ2v) is 7.96. The van der Waals surface area contributed by atoms with Crippen LogP contribution in [0.2, 0.25) is 0 Å². The van der Waals surface area contributed by atoms with Crippen molar-refractivity contribution in [2.24, 2.45) is 5.92 Å². The van der Waals surface area contributed by atoms with Gasteiger partial charge in [0.1, 0.15) is 19.0 Å². The number of ether oxygens (including phenoxy) is 3. The van der Waals surface area contributed by atoms with E-state index in [1.807, 2.05) is 13.8 Å². The minimum Gasteiger partial charge on any atom is -0.491 e. The molecule has 1 aliphatic heterocycles. The number of anilines is 1. The SMILES string of the molecule is COCC(=O)Nc1ccc2c(c1)OC[C@H](C)N(C(C)=O)C[C@H](C)[C@H](OC)CN(C)C2=O. The van der Waals surface area contributed by atoms with Gasteiger partial charge in [-0.1, -0.05) is 6.92 Å². The monoisotopic (exact) mass is 435 g/mol. The Morgan fingerprint density at radius 1 is 1.23 bits per heavy atom. The lowest BCUT2D eigenvalue weighted by Crippen LogP contribution is -2.48. The third-order valence-electron chi connectivity index (χ3n) is 5.41. The molecule has 0 saturated heterocycles. The molecule has 1 heterocycles. The van der Waals surface area contributed by atoms with Crippen LogP contribution in [0.25, 0.3) is 0 Å². The average molecular weight is 436 g/mol. The molecule has 1 aromatic carbocycles. The number of carbonyl (C=O) groups excluding carboxylic acids is 3. The summed E-state index contributed by atoms with van der Waals surface area (Å²) in [5.74, 6) is -0.225.